The first kappa shape index (κ1) is 21.4. The van der Waals surface area contributed by atoms with Gasteiger partial charge in [-0.3, -0.25) is 4.90 Å². The van der Waals surface area contributed by atoms with Crippen LogP contribution in [-0.2, 0) is 16.6 Å². The average molecular weight is 449 g/mol. The molecule has 0 unspecified atom stereocenters. The minimum atomic E-state index is -4.02. The van der Waals surface area contributed by atoms with E-state index in [4.69, 9.17) is 9.26 Å². The van der Waals surface area contributed by atoms with Crippen LogP contribution in [0.3, 0.4) is 0 Å². The Morgan fingerprint density at radius 2 is 1.74 bits per heavy atom. The number of aromatic nitrogens is 1. The number of hydrogen-bond donors (Lipinski definition) is 0. The Morgan fingerprint density at radius 1 is 1.03 bits per heavy atom. The highest BCUT2D eigenvalue weighted by Crippen LogP contribution is 2.24. The molecule has 0 N–H and O–H groups in total. The Bertz CT molecular complexity index is 1160. The lowest BCUT2D eigenvalue weighted by atomic mass is 10.1. The van der Waals surface area contributed by atoms with Gasteiger partial charge in [0.1, 0.15) is 28.0 Å². The molecule has 7 nitrogen and oxygen atoms in total. The number of rotatable bonds is 6. The van der Waals surface area contributed by atoms with Gasteiger partial charge in [-0.25, -0.2) is 17.2 Å². The van der Waals surface area contributed by atoms with Crippen LogP contribution in [0.1, 0.15) is 5.76 Å². The summed E-state index contributed by atoms with van der Waals surface area (Å²) in [4.78, 5) is 1.52. The number of sulfonamides is 1. The van der Waals surface area contributed by atoms with Gasteiger partial charge in [0.25, 0.3) is 0 Å². The average Bonchev–Trinajstić information content (AvgIpc) is 3.22. The molecule has 3 aromatic rings. The maximum Gasteiger partial charge on any atom is 0.246 e. The number of benzene rings is 2. The predicted octanol–water partition coefficient (Wildman–Crippen LogP) is 3.13. The van der Waals surface area contributed by atoms with Crippen LogP contribution >= 0.6 is 0 Å². The number of methoxy groups -OCH3 is 1. The van der Waals surface area contributed by atoms with Gasteiger partial charge >= 0.3 is 0 Å². The van der Waals surface area contributed by atoms with Crippen molar-refractivity contribution in [2.24, 2.45) is 0 Å². The van der Waals surface area contributed by atoms with Crippen molar-refractivity contribution in [2.75, 3.05) is 33.3 Å². The Hall–Kier alpha value is -2.82. The third kappa shape index (κ3) is 4.60. The van der Waals surface area contributed by atoms with Crippen LogP contribution in [0, 0.1) is 11.6 Å². The van der Waals surface area contributed by atoms with Crippen molar-refractivity contribution in [3.63, 3.8) is 0 Å². The zero-order chi connectivity index (χ0) is 22.0. The second-order valence-electron chi connectivity index (χ2n) is 7.16. The molecular formula is C21H21F2N3O4S. The molecule has 2 aromatic carbocycles. The molecular weight excluding hydrogens is 428 g/mol. The van der Waals surface area contributed by atoms with Crippen LogP contribution < -0.4 is 4.74 Å². The van der Waals surface area contributed by atoms with E-state index in [2.05, 4.69) is 5.16 Å². The van der Waals surface area contributed by atoms with Crippen LogP contribution in [0.2, 0.25) is 0 Å². The quantitative estimate of drug-likeness (QED) is 0.576. The molecule has 31 heavy (non-hydrogen) atoms. The predicted molar refractivity (Wildman–Crippen MR) is 109 cm³/mol. The fourth-order valence-corrected chi connectivity index (χ4v) is 4.92. The minimum absolute atomic E-state index is 0.193. The van der Waals surface area contributed by atoms with Gasteiger partial charge in [-0.2, -0.15) is 4.31 Å². The molecule has 10 heteroatoms. The third-order valence-corrected chi connectivity index (χ3v) is 7.10. The largest absolute Gasteiger partial charge is 0.497 e. The minimum Gasteiger partial charge on any atom is -0.497 e. The molecule has 1 fully saturated rings. The summed E-state index contributed by atoms with van der Waals surface area (Å²) in [5, 5.41) is 4.10. The maximum absolute atomic E-state index is 14.0. The molecule has 4 rings (SSSR count). The summed E-state index contributed by atoms with van der Waals surface area (Å²) < 4.78 is 64.3. The highest BCUT2D eigenvalue weighted by Gasteiger charge is 2.31. The molecule has 0 radical (unpaired) electrons. The fourth-order valence-electron chi connectivity index (χ4n) is 3.46. The van der Waals surface area contributed by atoms with Crippen LogP contribution in [0.5, 0.6) is 5.75 Å². The summed E-state index contributed by atoms with van der Waals surface area (Å²) >= 11 is 0. The number of halogens is 2. The van der Waals surface area contributed by atoms with E-state index in [0.717, 1.165) is 23.4 Å². The molecule has 0 spiro atoms. The summed E-state index contributed by atoms with van der Waals surface area (Å²) in [7, 11) is -2.42. The van der Waals surface area contributed by atoms with Gasteiger partial charge in [0.05, 0.1) is 13.7 Å². The highest BCUT2D eigenvalue weighted by atomic mass is 32.2. The molecule has 1 aliphatic heterocycles. The zero-order valence-corrected chi connectivity index (χ0v) is 17.6. The van der Waals surface area contributed by atoms with Gasteiger partial charge in [-0.15, -0.1) is 0 Å². The van der Waals surface area contributed by atoms with Crippen molar-refractivity contribution in [1.29, 1.82) is 0 Å². The Kier molecular flexibility index (Phi) is 6.03. The molecule has 0 aliphatic carbocycles. The Balaban J connectivity index is 1.37. The molecule has 2 heterocycles. The lowest BCUT2D eigenvalue weighted by Gasteiger charge is -2.33. The molecule has 1 aliphatic rings. The van der Waals surface area contributed by atoms with E-state index in [0.29, 0.717) is 37.2 Å². The van der Waals surface area contributed by atoms with Gasteiger partial charge in [-0.05, 0) is 36.4 Å². The highest BCUT2D eigenvalue weighted by molar-refractivity contribution is 7.89. The van der Waals surface area contributed by atoms with E-state index in [1.807, 2.05) is 35.2 Å². The van der Waals surface area contributed by atoms with E-state index in [9.17, 15) is 17.2 Å². The molecule has 0 atom stereocenters. The smallest absolute Gasteiger partial charge is 0.246 e. The lowest BCUT2D eigenvalue weighted by molar-refractivity contribution is 0.166. The summed E-state index contributed by atoms with van der Waals surface area (Å²) in [6.45, 7) is 1.75. The van der Waals surface area contributed by atoms with Crippen LogP contribution in [0.25, 0.3) is 11.3 Å². The van der Waals surface area contributed by atoms with Crippen molar-refractivity contribution >= 4 is 10.0 Å². The second-order valence-corrected chi connectivity index (χ2v) is 9.07. The summed E-state index contributed by atoms with van der Waals surface area (Å²) in [6.07, 6.45) is 0. The first-order valence-electron chi connectivity index (χ1n) is 9.64. The van der Waals surface area contributed by atoms with Gasteiger partial charge < -0.3 is 9.26 Å². The Morgan fingerprint density at radius 3 is 2.39 bits per heavy atom. The van der Waals surface area contributed by atoms with Crippen LogP contribution in [-0.4, -0.2) is 56.1 Å². The van der Waals surface area contributed by atoms with E-state index in [-0.39, 0.29) is 13.1 Å². The molecule has 0 saturated carbocycles. The van der Waals surface area contributed by atoms with E-state index < -0.39 is 26.6 Å². The zero-order valence-electron chi connectivity index (χ0n) is 16.8. The van der Waals surface area contributed by atoms with Gasteiger partial charge in [0.15, 0.2) is 5.76 Å². The normalized spacial score (nSPS) is 15.8. The van der Waals surface area contributed by atoms with E-state index >= 15 is 0 Å². The van der Waals surface area contributed by atoms with Crippen LogP contribution in [0.15, 0.2) is 57.9 Å². The van der Waals surface area contributed by atoms with E-state index in [1.165, 1.54) is 4.31 Å². The van der Waals surface area contributed by atoms with Crippen molar-refractivity contribution in [3.05, 3.63) is 65.9 Å². The second kappa shape index (κ2) is 8.74. The monoisotopic (exact) mass is 449 g/mol. The van der Waals surface area contributed by atoms with Crippen molar-refractivity contribution in [3.8, 4) is 17.0 Å². The topological polar surface area (TPSA) is 75.9 Å². The molecule has 1 aromatic heterocycles. The molecule has 0 amide bonds. The van der Waals surface area contributed by atoms with Crippen molar-refractivity contribution < 1.29 is 26.5 Å². The van der Waals surface area contributed by atoms with E-state index in [1.54, 1.807) is 7.11 Å². The van der Waals surface area contributed by atoms with Gasteiger partial charge in [0, 0.05) is 43.9 Å². The molecule has 164 valence electrons. The third-order valence-electron chi connectivity index (χ3n) is 5.17. The van der Waals surface area contributed by atoms with Crippen molar-refractivity contribution in [2.45, 2.75) is 11.4 Å². The summed E-state index contributed by atoms with van der Waals surface area (Å²) in [5.74, 6) is -0.495. The van der Waals surface area contributed by atoms with Gasteiger partial charge in [0.2, 0.25) is 10.0 Å². The fraction of sp³-hybridized carbons (Fsp3) is 0.286. The standard InChI is InChI=1S/C21H21F2N3O4S/c1-29-17-5-2-15(3-6-17)20-13-18(30-24-20)14-25-8-10-26(11-9-25)31(27,28)21-7-4-16(22)12-19(21)23/h2-7,12-13H,8-11,14H2,1H3. The number of piperazine rings is 1. The summed E-state index contributed by atoms with van der Waals surface area (Å²) in [6, 6.07) is 11.8. The molecule has 1 saturated heterocycles. The van der Waals surface area contributed by atoms with Crippen molar-refractivity contribution in [1.82, 2.24) is 14.4 Å². The summed E-state index contributed by atoms with van der Waals surface area (Å²) in [5.41, 5.74) is 1.60. The number of hydrogen-bond acceptors (Lipinski definition) is 6. The first-order chi connectivity index (χ1) is 14.9. The first-order valence-corrected chi connectivity index (χ1v) is 11.1. The number of nitrogens with zero attached hydrogens (tertiary/aromatic N) is 3. The maximum atomic E-state index is 14.0. The molecule has 0 bridgehead atoms. The SMILES string of the molecule is COc1ccc(-c2cc(CN3CCN(S(=O)(=O)c4ccc(F)cc4F)CC3)on2)cc1. The van der Waals surface area contributed by atoms with Crippen LogP contribution in [0.4, 0.5) is 8.78 Å². The number of ether oxygens (including phenoxy) is 1. The Labute approximate surface area is 178 Å². The lowest BCUT2D eigenvalue weighted by Crippen LogP contribution is -2.48. The van der Waals surface area contributed by atoms with Gasteiger partial charge in [-0.1, -0.05) is 5.16 Å².